The normalized spacial score (nSPS) is 28.8. The molecular formula is C26H32N2O6. The zero-order valence-corrected chi connectivity index (χ0v) is 20.3. The Kier molecular flexibility index (Phi) is 5.69. The first-order chi connectivity index (χ1) is 15.7. The molecule has 0 heterocycles. The molecule has 0 bridgehead atoms. The van der Waals surface area contributed by atoms with Crippen molar-refractivity contribution < 1.29 is 29.1 Å². The third-order valence-electron chi connectivity index (χ3n) is 7.48. The number of hydrogen-bond acceptors (Lipinski definition) is 7. The van der Waals surface area contributed by atoms with Gasteiger partial charge in [-0.25, -0.2) is 0 Å². The number of phenols is 1. The van der Waals surface area contributed by atoms with E-state index in [-0.39, 0.29) is 29.1 Å². The predicted molar refractivity (Wildman–Crippen MR) is 125 cm³/mol. The van der Waals surface area contributed by atoms with Gasteiger partial charge in [0, 0.05) is 26.2 Å². The molecule has 3 aliphatic carbocycles. The van der Waals surface area contributed by atoms with E-state index in [9.17, 15) is 29.1 Å². The van der Waals surface area contributed by atoms with Crippen LogP contribution in [0.25, 0.3) is 0 Å². The Balaban J connectivity index is 1.81. The van der Waals surface area contributed by atoms with Crippen molar-refractivity contribution in [3.8, 4) is 5.75 Å². The Hall–Kier alpha value is -3.03. The molecule has 1 aromatic carbocycles. The van der Waals surface area contributed by atoms with E-state index < -0.39 is 52.7 Å². The summed E-state index contributed by atoms with van der Waals surface area (Å²) in [6, 6.07) is 1.91. The highest BCUT2D eigenvalue weighted by Crippen LogP contribution is 2.50. The minimum Gasteiger partial charge on any atom is -0.507 e. The third kappa shape index (κ3) is 3.73. The van der Waals surface area contributed by atoms with E-state index >= 15 is 0 Å². The molecule has 2 fully saturated rings. The van der Waals surface area contributed by atoms with Crippen LogP contribution in [0, 0.1) is 35.0 Å². The van der Waals surface area contributed by atoms with Crippen LogP contribution in [0.5, 0.6) is 5.75 Å². The highest BCUT2D eigenvalue weighted by atomic mass is 16.3. The van der Waals surface area contributed by atoms with Gasteiger partial charge in [0.1, 0.15) is 5.75 Å². The SMILES string of the molecule is CN(C)c1cc(CC(C)(C)C)c(O)c2c1CC1CC3CC(=O)C(C(N)=O)C(=O)C3C(=O)C1C2=O. The molecule has 0 spiro atoms. The molecule has 0 radical (unpaired) electrons. The fourth-order valence-corrected chi connectivity index (χ4v) is 6.20. The first-order valence-corrected chi connectivity index (χ1v) is 11.7. The second kappa shape index (κ2) is 8.03. The van der Waals surface area contributed by atoms with Gasteiger partial charge in [0.25, 0.3) is 0 Å². The summed E-state index contributed by atoms with van der Waals surface area (Å²) in [5.74, 6) is -8.31. The number of primary amides is 1. The summed E-state index contributed by atoms with van der Waals surface area (Å²) in [5, 5.41) is 11.2. The topological polar surface area (TPSA) is 135 Å². The number of carbonyl (C=O) groups is 5. The molecular weight excluding hydrogens is 436 g/mol. The number of ketones is 4. The summed E-state index contributed by atoms with van der Waals surface area (Å²) >= 11 is 0. The number of phenolic OH excluding ortho intramolecular Hbond substituents is 1. The number of fused-ring (bicyclic) bond motifs is 3. The Morgan fingerprint density at radius 1 is 1.06 bits per heavy atom. The van der Waals surface area contributed by atoms with Crippen LogP contribution in [0.4, 0.5) is 5.69 Å². The number of aromatic hydroxyl groups is 1. The number of nitrogens with two attached hydrogens (primary N) is 1. The van der Waals surface area contributed by atoms with E-state index in [1.165, 1.54) is 0 Å². The average molecular weight is 469 g/mol. The largest absolute Gasteiger partial charge is 0.507 e. The lowest BCUT2D eigenvalue weighted by Crippen LogP contribution is -2.56. The summed E-state index contributed by atoms with van der Waals surface area (Å²) in [6.07, 6.45) is 1.20. The maximum atomic E-state index is 13.8. The summed E-state index contributed by atoms with van der Waals surface area (Å²) in [4.78, 5) is 66.3. The molecule has 4 rings (SSSR count). The van der Waals surface area contributed by atoms with E-state index in [1.807, 2.05) is 45.8 Å². The van der Waals surface area contributed by atoms with Crippen LogP contribution < -0.4 is 10.6 Å². The molecule has 2 saturated carbocycles. The number of nitrogens with zero attached hydrogens (tertiary/aromatic N) is 1. The Bertz CT molecular complexity index is 1130. The molecule has 1 aromatic rings. The fraction of sp³-hybridized carbons (Fsp3) is 0.577. The van der Waals surface area contributed by atoms with Crippen molar-refractivity contribution in [3.63, 3.8) is 0 Å². The molecule has 5 atom stereocenters. The lowest BCUT2D eigenvalue weighted by atomic mass is 9.56. The number of amides is 1. The number of Topliss-reactive ketones (excluding diaryl/α,β-unsaturated/α-hetero) is 4. The number of hydrogen-bond donors (Lipinski definition) is 2. The lowest BCUT2D eigenvalue weighted by molar-refractivity contribution is -0.152. The van der Waals surface area contributed by atoms with Crippen molar-refractivity contribution in [1.29, 1.82) is 0 Å². The molecule has 8 nitrogen and oxygen atoms in total. The monoisotopic (exact) mass is 468 g/mol. The molecule has 5 unspecified atom stereocenters. The zero-order chi connectivity index (χ0) is 25.3. The summed E-state index contributed by atoms with van der Waals surface area (Å²) in [6.45, 7) is 6.11. The van der Waals surface area contributed by atoms with Crippen LogP contribution in [0.2, 0.25) is 0 Å². The minimum atomic E-state index is -1.63. The zero-order valence-electron chi connectivity index (χ0n) is 20.3. The molecule has 3 aliphatic rings. The second-order valence-corrected chi connectivity index (χ2v) is 11.5. The van der Waals surface area contributed by atoms with E-state index in [0.29, 0.717) is 30.4 Å². The standard InChI is InChI=1S/C26H32N2O6/c1-26(2,3)10-13-8-15(28(4)5)14-7-11-6-12-9-16(29)20(25(27)34)24(33)18(12)22(31)17(11)23(32)19(14)21(13)30/h8,11-12,17-18,20,30H,6-7,9-10H2,1-5H3,(H2,27,34). The summed E-state index contributed by atoms with van der Waals surface area (Å²) in [7, 11) is 3.74. The van der Waals surface area contributed by atoms with Crippen LogP contribution >= 0.6 is 0 Å². The highest BCUT2D eigenvalue weighted by Gasteiger charge is 2.57. The van der Waals surface area contributed by atoms with Crippen LogP contribution in [0.15, 0.2) is 6.07 Å². The number of rotatable bonds is 3. The van der Waals surface area contributed by atoms with Crippen LogP contribution in [0.1, 0.15) is 55.1 Å². The van der Waals surface area contributed by atoms with Crippen molar-refractivity contribution in [1.82, 2.24) is 0 Å². The van der Waals surface area contributed by atoms with Gasteiger partial charge in [0.2, 0.25) is 5.91 Å². The predicted octanol–water partition coefficient (Wildman–Crippen LogP) is 1.87. The molecule has 0 aromatic heterocycles. The van der Waals surface area contributed by atoms with Gasteiger partial charge in [-0.15, -0.1) is 0 Å². The van der Waals surface area contributed by atoms with Gasteiger partial charge in [-0.05, 0) is 53.7 Å². The number of carbonyl (C=O) groups excluding carboxylic acids is 5. The molecule has 8 heteroatoms. The number of benzene rings is 1. The Morgan fingerprint density at radius 3 is 2.24 bits per heavy atom. The maximum absolute atomic E-state index is 13.8. The Morgan fingerprint density at radius 2 is 1.68 bits per heavy atom. The number of anilines is 1. The van der Waals surface area contributed by atoms with Gasteiger partial charge in [0.05, 0.1) is 17.4 Å². The smallest absolute Gasteiger partial charge is 0.235 e. The summed E-state index contributed by atoms with van der Waals surface area (Å²) in [5.41, 5.74) is 7.43. The first-order valence-electron chi connectivity index (χ1n) is 11.7. The van der Waals surface area contributed by atoms with Gasteiger partial charge in [-0.2, -0.15) is 0 Å². The second-order valence-electron chi connectivity index (χ2n) is 11.5. The van der Waals surface area contributed by atoms with Crippen molar-refractivity contribution >= 4 is 34.7 Å². The molecule has 3 N–H and O–H groups in total. The van der Waals surface area contributed by atoms with Crippen LogP contribution in [0.3, 0.4) is 0 Å². The van der Waals surface area contributed by atoms with Gasteiger partial charge >= 0.3 is 0 Å². The Labute approximate surface area is 198 Å². The van der Waals surface area contributed by atoms with Crippen molar-refractivity contribution in [2.75, 3.05) is 19.0 Å². The third-order valence-corrected chi connectivity index (χ3v) is 7.48. The fourth-order valence-electron chi connectivity index (χ4n) is 6.20. The highest BCUT2D eigenvalue weighted by molar-refractivity contribution is 6.27. The van der Waals surface area contributed by atoms with Gasteiger partial charge in [-0.1, -0.05) is 20.8 Å². The van der Waals surface area contributed by atoms with Crippen molar-refractivity contribution in [2.45, 2.75) is 46.5 Å². The minimum absolute atomic E-state index is 0.0731. The molecule has 182 valence electrons. The molecule has 34 heavy (non-hydrogen) atoms. The van der Waals surface area contributed by atoms with E-state index in [0.717, 1.165) is 5.69 Å². The van der Waals surface area contributed by atoms with E-state index in [4.69, 9.17) is 5.73 Å². The van der Waals surface area contributed by atoms with Gasteiger partial charge in [-0.3, -0.25) is 24.0 Å². The van der Waals surface area contributed by atoms with Crippen molar-refractivity contribution in [2.24, 2.45) is 40.7 Å². The molecule has 0 saturated heterocycles. The van der Waals surface area contributed by atoms with Gasteiger partial charge < -0.3 is 15.7 Å². The van der Waals surface area contributed by atoms with Gasteiger partial charge in [0.15, 0.2) is 29.1 Å². The first kappa shape index (κ1) is 24.1. The van der Waals surface area contributed by atoms with Crippen LogP contribution in [-0.2, 0) is 32.0 Å². The summed E-state index contributed by atoms with van der Waals surface area (Å²) < 4.78 is 0. The average Bonchev–Trinajstić information content (AvgIpc) is 2.67. The quantitative estimate of drug-likeness (QED) is 0.647. The van der Waals surface area contributed by atoms with E-state index in [2.05, 4.69) is 0 Å². The van der Waals surface area contributed by atoms with E-state index in [1.54, 1.807) is 0 Å². The molecule has 0 aliphatic heterocycles. The van der Waals surface area contributed by atoms with Crippen LogP contribution in [-0.4, -0.2) is 48.2 Å². The van der Waals surface area contributed by atoms with Crippen molar-refractivity contribution in [3.05, 3.63) is 22.8 Å². The maximum Gasteiger partial charge on any atom is 0.235 e. The lowest BCUT2D eigenvalue weighted by Gasteiger charge is -2.44. The molecule has 1 amide bonds.